The van der Waals surface area contributed by atoms with Crippen molar-refractivity contribution in [3.05, 3.63) is 12.3 Å². The lowest BCUT2D eigenvalue weighted by molar-refractivity contribution is 0.887. The Balaban J connectivity index is 2.72. The summed E-state index contributed by atoms with van der Waals surface area (Å²) in [5.74, 6) is 1.49. The molecule has 0 atom stereocenters. The molecule has 1 aromatic rings. The van der Waals surface area contributed by atoms with Gasteiger partial charge in [-0.1, -0.05) is 0 Å². The van der Waals surface area contributed by atoms with Gasteiger partial charge in [0.15, 0.2) is 0 Å². The molecule has 0 saturated heterocycles. The second-order valence-corrected chi connectivity index (χ2v) is 2.81. The van der Waals surface area contributed by atoms with E-state index in [2.05, 4.69) is 34.4 Å². The van der Waals surface area contributed by atoms with Gasteiger partial charge in [-0.15, -0.1) is 0 Å². The van der Waals surface area contributed by atoms with Crippen molar-refractivity contribution >= 4 is 11.8 Å². The third kappa shape index (κ3) is 2.38. The van der Waals surface area contributed by atoms with Crippen LogP contribution >= 0.6 is 0 Å². The maximum absolute atomic E-state index is 4.20. The van der Waals surface area contributed by atoms with Crippen molar-refractivity contribution in [1.82, 2.24) is 9.97 Å². The average molecular weight is 166 g/mol. The Bertz CT molecular complexity index is 247. The Labute approximate surface area is 72.4 Å². The van der Waals surface area contributed by atoms with Gasteiger partial charge in [0.2, 0.25) is 5.95 Å². The van der Waals surface area contributed by atoms with Gasteiger partial charge in [-0.3, -0.25) is 0 Å². The van der Waals surface area contributed by atoms with E-state index in [1.807, 2.05) is 6.07 Å². The van der Waals surface area contributed by atoms with Crippen LogP contribution in [0.3, 0.4) is 0 Å². The van der Waals surface area contributed by atoms with Gasteiger partial charge in [0.05, 0.1) is 0 Å². The van der Waals surface area contributed by atoms with E-state index in [-0.39, 0.29) is 0 Å². The predicted molar refractivity (Wildman–Crippen MR) is 50.3 cm³/mol. The quantitative estimate of drug-likeness (QED) is 0.711. The number of rotatable bonds is 3. The van der Waals surface area contributed by atoms with Gasteiger partial charge >= 0.3 is 0 Å². The highest BCUT2D eigenvalue weighted by molar-refractivity contribution is 5.39. The second kappa shape index (κ2) is 3.90. The SMILES string of the molecule is CNc1nccc(NC(C)C)n1. The first-order valence-corrected chi connectivity index (χ1v) is 3.99. The fourth-order valence-corrected chi connectivity index (χ4v) is 0.855. The number of anilines is 2. The summed E-state index contributed by atoms with van der Waals surface area (Å²) in [5.41, 5.74) is 0. The van der Waals surface area contributed by atoms with E-state index in [1.54, 1.807) is 13.2 Å². The van der Waals surface area contributed by atoms with E-state index in [9.17, 15) is 0 Å². The molecule has 4 nitrogen and oxygen atoms in total. The zero-order chi connectivity index (χ0) is 8.97. The molecule has 0 spiro atoms. The lowest BCUT2D eigenvalue weighted by atomic mass is 10.4. The summed E-state index contributed by atoms with van der Waals surface area (Å²) >= 11 is 0. The fraction of sp³-hybridized carbons (Fsp3) is 0.500. The Hall–Kier alpha value is -1.32. The summed E-state index contributed by atoms with van der Waals surface area (Å²) in [5, 5.41) is 6.07. The van der Waals surface area contributed by atoms with Crippen LogP contribution < -0.4 is 10.6 Å². The van der Waals surface area contributed by atoms with Crippen molar-refractivity contribution in [1.29, 1.82) is 0 Å². The summed E-state index contributed by atoms with van der Waals surface area (Å²) in [6.45, 7) is 4.14. The molecule has 1 aromatic heterocycles. The summed E-state index contributed by atoms with van der Waals surface area (Å²) in [7, 11) is 1.80. The van der Waals surface area contributed by atoms with Crippen molar-refractivity contribution in [3.8, 4) is 0 Å². The molecule has 1 rings (SSSR count). The monoisotopic (exact) mass is 166 g/mol. The molecule has 0 amide bonds. The van der Waals surface area contributed by atoms with Gasteiger partial charge in [-0.05, 0) is 19.9 Å². The van der Waals surface area contributed by atoms with Crippen molar-refractivity contribution in [2.24, 2.45) is 0 Å². The fourth-order valence-electron chi connectivity index (χ4n) is 0.855. The largest absolute Gasteiger partial charge is 0.368 e. The van der Waals surface area contributed by atoms with Crippen LogP contribution in [0.25, 0.3) is 0 Å². The van der Waals surface area contributed by atoms with Gasteiger partial charge in [0, 0.05) is 19.3 Å². The number of hydrogen-bond donors (Lipinski definition) is 2. The molecule has 0 aromatic carbocycles. The highest BCUT2D eigenvalue weighted by Gasteiger charge is 1.97. The summed E-state index contributed by atoms with van der Waals surface area (Å²) in [6, 6.07) is 2.24. The number of aromatic nitrogens is 2. The van der Waals surface area contributed by atoms with Crippen molar-refractivity contribution in [3.63, 3.8) is 0 Å². The molecule has 1 heterocycles. The average Bonchev–Trinajstić information content (AvgIpc) is 2.03. The summed E-state index contributed by atoms with van der Waals surface area (Å²) in [6.07, 6.45) is 1.73. The Morgan fingerprint density at radius 1 is 1.42 bits per heavy atom. The molecule has 0 saturated carbocycles. The van der Waals surface area contributed by atoms with Gasteiger partial charge in [-0.2, -0.15) is 4.98 Å². The maximum Gasteiger partial charge on any atom is 0.224 e. The van der Waals surface area contributed by atoms with Crippen LogP contribution in [0.2, 0.25) is 0 Å². The third-order valence-corrected chi connectivity index (χ3v) is 1.32. The van der Waals surface area contributed by atoms with E-state index < -0.39 is 0 Å². The van der Waals surface area contributed by atoms with Gasteiger partial charge in [0.25, 0.3) is 0 Å². The van der Waals surface area contributed by atoms with Crippen LogP contribution in [0, 0.1) is 0 Å². The predicted octanol–water partition coefficient (Wildman–Crippen LogP) is 1.34. The van der Waals surface area contributed by atoms with Crippen LogP contribution in [0.5, 0.6) is 0 Å². The van der Waals surface area contributed by atoms with Crippen molar-refractivity contribution in [2.45, 2.75) is 19.9 Å². The molecular formula is C8H14N4. The maximum atomic E-state index is 4.20. The molecule has 2 N–H and O–H groups in total. The van der Waals surface area contributed by atoms with Gasteiger partial charge in [-0.25, -0.2) is 4.98 Å². The minimum Gasteiger partial charge on any atom is -0.368 e. The topological polar surface area (TPSA) is 49.8 Å². The molecule has 0 unspecified atom stereocenters. The highest BCUT2D eigenvalue weighted by atomic mass is 15.1. The minimum atomic E-state index is 0.393. The molecule has 66 valence electrons. The zero-order valence-electron chi connectivity index (χ0n) is 7.63. The zero-order valence-corrected chi connectivity index (χ0v) is 7.63. The molecular weight excluding hydrogens is 152 g/mol. The number of nitrogens with zero attached hydrogens (tertiary/aromatic N) is 2. The smallest absolute Gasteiger partial charge is 0.224 e. The highest BCUT2D eigenvalue weighted by Crippen LogP contribution is 2.05. The first-order valence-electron chi connectivity index (χ1n) is 3.99. The van der Waals surface area contributed by atoms with Crippen LogP contribution in [0.15, 0.2) is 12.3 Å². The summed E-state index contributed by atoms with van der Waals surface area (Å²) in [4.78, 5) is 8.20. The van der Waals surface area contributed by atoms with E-state index in [0.717, 1.165) is 5.82 Å². The van der Waals surface area contributed by atoms with E-state index in [4.69, 9.17) is 0 Å². The van der Waals surface area contributed by atoms with Gasteiger partial charge in [0.1, 0.15) is 5.82 Å². The standard InChI is InChI=1S/C8H14N4/c1-6(2)11-7-4-5-10-8(9-3)12-7/h4-6H,1-3H3,(H2,9,10,11,12). The lowest BCUT2D eigenvalue weighted by Gasteiger charge is -2.08. The van der Waals surface area contributed by atoms with Crippen molar-refractivity contribution in [2.75, 3.05) is 17.7 Å². The van der Waals surface area contributed by atoms with E-state index >= 15 is 0 Å². The van der Waals surface area contributed by atoms with Crippen LogP contribution in [-0.4, -0.2) is 23.1 Å². The van der Waals surface area contributed by atoms with Gasteiger partial charge < -0.3 is 10.6 Å². The first kappa shape index (κ1) is 8.77. The van der Waals surface area contributed by atoms with Crippen LogP contribution in [0.1, 0.15) is 13.8 Å². The number of hydrogen-bond acceptors (Lipinski definition) is 4. The molecule has 0 radical (unpaired) electrons. The first-order chi connectivity index (χ1) is 5.72. The van der Waals surface area contributed by atoms with Crippen LogP contribution in [-0.2, 0) is 0 Å². The van der Waals surface area contributed by atoms with Crippen LogP contribution in [0.4, 0.5) is 11.8 Å². The molecule has 0 aliphatic heterocycles. The molecule has 0 fully saturated rings. The van der Waals surface area contributed by atoms with Crippen molar-refractivity contribution < 1.29 is 0 Å². The molecule has 12 heavy (non-hydrogen) atoms. The summed E-state index contributed by atoms with van der Waals surface area (Å²) < 4.78 is 0. The normalized spacial score (nSPS) is 10.0. The Morgan fingerprint density at radius 3 is 2.75 bits per heavy atom. The molecule has 4 heteroatoms. The third-order valence-electron chi connectivity index (χ3n) is 1.32. The number of nitrogens with one attached hydrogen (secondary N) is 2. The lowest BCUT2D eigenvalue weighted by Crippen LogP contribution is -2.11. The molecule has 0 aliphatic carbocycles. The second-order valence-electron chi connectivity index (χ2n) is 2.81. The molecule has 0 bridgehead atoms. The minimum absolute atomic E-state index is 0.393. The Kier molecular flexibility index (Phi) is 2.85. The Morgan fingerprint density at radius 2 is 2.17 bits per heavy atom. The van der Waals surface area contributed by atoms with E-state index in [0.29, 0.717) is 12.0 Å². The van der Waals surface area contributed by atoms with E-state index in [1.165, 1.54) is 0 Å². The molecule has 0 aliphatic rings.